The maximum atomic E-state index is 2.60. The molecule has 3 heteroatoms. The van der Waals surface area contributed by atoms with Crippen molar-refractivity contribution in [3.8, 4) is 16.8 Å². The van der Waals surface area contributed by atoms with E-state index in [2.05, 4.69) is 109 Å². The summed E-state index contributed by atoms with van der Waals surface area (Å²) in [6, 6.07) is 36.5. The first-order valence-corrected chi connectivity index (χ1v) is 15.9. The molecule has 192 valence electrons. The molecule has 8 aromatic rings. The number of fused-ring (bicyclic) bond motifs is 10. The second-order valence-electron chi connectivity index (χ2n) is 11.2. The van der Waals surface area contributed by atoms with Gasteiger partial charge < -0.3 is 4.57 Å². The average molecular weight is 550 g/mol. The Labute approximate surface area is 240 Å². The summed E-state index contributed by atoms with van der Waals surface area (Å²) in [5.41, 5.74) is 9.70. The van der Waals surface area contributed by atoms with Crippen molar-refractivity contribution in [2.45, 2.75) is 32.6 Å². The Hall–Kier alpha value is -3.92. The van der Waals surface area contributed by atoms with Gasteiger partial charge in [0.1, 0.15) is 0 Å². The van der Waals surface area contributed by atoms with E-state index in [1.54, 1.807) is 5.56 Å². The summed E-state index contributed by atoms with van der Waals surface area (Å²) in [6.07, 6.45) is 4.89. The molecule has 3 heterocycles. The van der Waals surface area contributed by atoms with Gasteiger partial charge in [0.15, 0.2) is 0 Å². The Morgan fingerprint density at radius 2 is 1.32 bits per heavy atom. The fourth-order valence-electron chi connectivity index (χ4n) is 7.12. The number of nitrogens with zero attached hydrogens (tertiary/aromatic N) is 1. The normalized spacial score (nSPS) is 13.7. The van der Waals surface area contributed by atoms with Crippen molar-refractivity contribution in [2.24, 2.45) is 0 Å². The summed E-state index contributed by atoms with van der Waals surface area (Å²) >= 11 is 3.87. The Morgan fingerprint density at radius 1 is 0.600 bits per heavy atom. The molecule has 0 atom stereocenters. The van der Waals surface area contributed by atoms with Crippen LogP contribution in [0.4, 0.5) is 0 Å². The molecule has 0 amide bonds. The highest BCUT2D eigenvalue weighted by Crippen LogP contribution is 2.46. The number of aromatic nitrogens is 1. The number of hydrogen-bond donors (Lipinski definition) is 0. The number of hydrogen-bond acceptors (Lipinski definition) is 2. The topological polar surface area (TPSA) is 4.93 Å². The SMILES string of the molecule is Cc1cccc(-c2ccc3sc4c(ccc5c6ccccc6sc54)c3c2)c1-n1c2c(c3ccccc31)CCCC2. The fourth-order valence-corrected chi connectivity index (χ4v) is 9.64. The predicted octanol–water partition coefficient (Wildman–Crippen LogP) is 11.2. The summed E-state index contributed by atoms with van der Waals surface area (Å²) in [4.78, 5) is 0. The molecular weight excluding hydrogens is 523 g/mol. The van der Waals surface area contributed by atoms with Gasteiger partial charge in [0.25, 0.3) is 0 Å². The van der Waals surface area contributed by atoms with Gasteiger partial charge in [-0.05, 0) is 73.6 Å². The molecule has 0 N–H and O–H groups in total. The third kappa shape index (κ3) is 3.13. The molecule has 0 unspecified atom stereocenters. The van der Waals surface area contributed by atoms with Gasteiger partial charge in [-0.3, -0.25) is 0 Å². The first-order chi connectivity index (χ1) is 19.8. The lowest BCUT2D eigenvalue weighted by Gasteiger charge is -2.21. The Morgan fingerprint density at radius 3 is 2.20 bits per heavy atom. The van der Waals surface area contributed by atoms with Gasteiger partial charge in [-0.15, -0.1) is 22.7 Å². The number of thiophene rings is 2. The quantitative estimate of drug-likeness (QED) is 0.202. The summed E-state index contributed by atoms with van der Waals surface area (Å²) in [5.74, 6) is 0. The number of benzene rings is 5. The van der Waals surface area contributed by atoms with Crippen LogP contribution in [0.1, 0.15) is 29.7 Å². The van der Waals surface area contributed by atoms with E-state index in [4.69, 9.17) is 0 Å². The Bertz CT molecular complexity index is 2290. The minimum Gasteiger partial charge on any atom is -0.312 e. The largest absolute Gasteiger partial charge is 0.312 e. The van der Waals surface area contributed by atoms with E-state index in [1.165, 1.54) is 98.6 Å². The minimum atomic E-state index is 1.15. The van der Waals surface area contributed by atoms with E-state index < -0.39 is 0 Å². The zero-order valence-corrected chi connectivity index (χ0v) is 24.0. The van der Waals surface area contributed by atoms with Gasteiger partial charge in [-0.25, -0.2) is 0 Å². The van der Waals surface area contributed by atoms with E-state index in [-0.39, 0.29) is 0 Å². The maximum Gasteiger partial charge on any atom is 0.0566 e. The molecule has 1 aliphatic rings. The monoisotopic (exact) mass is 549 g/mol. The number of aryl methyl sites for hydroxylation is 2. The third-order valence-electron chi connectivity index (χ3n) is 8.93. The predicted molar refractivity (Wildman–Crippen MR) is 176 cm³/mol. The van der Waals surface area contributed by atoms with Gasteiger partial charge in [0.2, 0.25) is 0 Å². The van der Waals surface area contributed by atoms with Crippen molar-refractivity contribution in [3.63, 3.8) is 0 Å². The lowest BCUT2D eigenvalue weighted by molar-refractivity contribution is 0.666. The number of rotatable bonds is 2. The highest BCUT2D eigenvalue weighted by molar-refractivity contribution is 7.33. The first kappa shape index (κ1) is 22.9. The van der Waals surface area contributed by atoms with Crippen molar-refractivity contribution in [3.05, 3.63) is 114 Å². The van der Waals surface area contributed by atoms with Crippen LogP contribution < -0.4 is 0 Å². The van der Waals surface area contributed by atoms with E-state index in [0.717, 1.165) is 6.42 Å². The molecule has 1 nitrogen and oxygen atoms in total. The standard InChI is InChI=1S/C37H27NS2/c1-22-9-8-13-24(35(22)38-31-14-5-2-10-25(31)26-11-3-6-15-32(26)38)23-17-20-34-30(21-23)29-19-18-28-27-12-4-7-16-33(27)39-36(28)37(29)40-34/h2,4-5,7-10,12-14,16-21H,3,6,11,15H2,1H3. The van der Waals surface area contributed by atoms with Crippen molar-refractivity contribution in [2.75, 3.05) is 0 Å². The third-order valence-corrected chi connectivity index (χ3v) is 11.5. The van der Waals surface area contributed by atoms with Gasteiger partial charge in [-0.2, -0.15) is 0 Å². The van der Waals surface area contributed by atoms with E-state index in [1.807, 2.05) is 22.7 Å². The van der Waals surface area contributed by atoms with E-state index in [0.29, 0.717) is 0 Å². The molecule has 0 fully saturated rings. The van der Waals surface area contributed by atoms with Crippen LogP contribution in [-0.4, -0.2) is 4.57 Å². The summed E-state index contributed by atoms with van der Waals surface area (Å²) in [5, 5.41) is 6.92. The Kier molecular flexibility index (Phi) is 4.88. The van der Waals surface area contributed by atoms with Crippen LogP contribution in [0, 0.1) is 6.92 Å². The fraction of sp³-hybridized carbons (Fsp3) is 0.135. The summed E-state index contributed by atoms with van der Waals surface area (Å²) < 4.78 is 8.17. The van der Waals surface area contributed by atoms with Crippen molar-refractivity contribution in [1.29, 1.82) is 0 Å². The van der Waals surface area contributed by atoms with Crippen molar-refractivity contribution >= 4 is 73.9 Å². The van der Waals surface area contributed by atoms with Crippen LogP contribution in [0.5, 0.6) is 0 Å². The van der Waals surface area contributed by atoms with Crippen LogP contribution >= 0.6 is 22.7 Å². The molecule has 3 aromatic heterocycles. The molecular formula is C37H27NS2. The van der Waals surface area contributed by atoms with Gasteiger partial charge >= 0.3 is 0 Å². The van der Waals surface area contributed by atoms with Crippen LogP contribution in [0.3, 0.4) is 0 Å². The average Bonchev–Trinajstić information content (AvgIpc) is 3.66. The molecule has 9 rings (SSSR count). The van der Waals surface area contributed by atoms with Crippen LogP contribution in [0.15, 0.2) is 97.1 Å². The van der Waals surface area contributed by atoms with Gasteiger partial charge in [-0.1, -0.05) is 72.8 Å². The molecule has 0 bridgehead atoms. The molecule has 40 heavy (non-hydrogen) atoms. The molecule has 5 aromatic carbocycles. The molecule has 0 saturated carbocycles. The smallest absolute Gasteiger partial charge is 0.0566 e. The molecule has 0 spiro atoms. The lowest BCUT2D eigenvalue weighted by atomic mass is 9.95. The van der Waals surface area contributed by atoms with Crippen LogP contribution in [0.25, 0.3) is 68.1 Å². The van der Waals surface area contributed by atoms with Gasteiger partial charge in [0, 0.05) is 47.6 Å². The first-order valence-electron chi connectivity index (χ1n) is 14.2. The second kappa shape index (κ2) is 8.54. The van der Waals surface area contributed by atoms with Crippen molar-refractivity contribution in [1.82, 2.24) is 4.57 Å². The zero-order valence-electron chi connectivity index (χ0n) is 22.3. The van der Waals surface area contributed by atoms with Crippen LogP contribution in [0.2, 0.25) is 0 Å². The highest BCUT2D eigenvalue weighted by Gasteiger charge is 2.23. The lowest BCUT2D eigenvalue weighted by Crippen LogP contribution is -2.09. The summed E-state index contributed by atoms with van der Waals surface area (Å²) in [7, 11) is 0. The zero-order chi connectivity index (χ0) is 26.4. The molecule has 0 radical (unpaired) electrons. The maximum absolute atomic E-state index is 2.60. The van der Waals surface area contributed by atoms with E-state index >= 15 is 0 Å². The van der Waals surface area contributed by atoms with Crippen LogP contribution in [-0.2, 0) is 12.8 Å². The van der Waals surface area contributed by atoms with E-state index in [9.17, 15) is 0 Å². The molecule has 0 saturated heterocycles. The molecule has 0 aliphatic heterocycles. The summed E-state index contributed by atoms with van der Waals surface area (Å²) in [6.45, 7) is 2.28. The highest BCUT2D eigenvalue weighted by atomic mass is 32.1. The molecule has 1 aliphatic carbocycles. The van der Waals surface area contributed by atoms with Gasteiger partial charge in [0.05, 0.1) is 20.6 Å². The second-order valence-corrected chi connectivity index (χ2v) is 13.3. The minimum absolute atomic E-state index is 1.15. The van der Waals surface area contributed by atoms with Crippen molar-refractivity contribution < 1.29 is 0 Å². The number of para-hydroxylation sites is 2. The Balaban J connectivity index is 1.30.